The van der Waals surface area contributed by atoms with Crippen LogP contribution < -0.4 is 10.5 Å². The van der Waals surface area contributed by atoms with E-state index in [9.17, 15) is 13.5 Å². The highest BCUT2D eigenvalue weighted by atomic mass is 32.2. The minimum absolute atomic E-state index is 0.0332. The molecule has 0 unspecified atom stereocenters. The summed E-state index contributed by atoms with van der Waals surface area (Å²) in [5, 5.41) is 9.14. The van der Waals surface area contributed by atoms with Crippen LogP contribution in [0.4, 0.5) is 11.4 Å². The van der Waals surface area contributed by atoms with E-state index in [0.29, 0.717) is 5.82 Å². The zero-order valence-electron chi connectivity index (χ0n) is 10.5. The van der Waals surface area contributed by atoms with Gasteiger partial charge in [-0.05, 0) is 19.1 Å². The molecule has 0 amide bonds. The molecule has 0 bridgehead atoms. The number of hydrogen-bond acceptors (Lipinski definition) is 5. The van der Waals surface area contributed by atoms with Crippen molar-refractivity contribution < 1.29 is 13.5 Å². The summed E-state index contributed by atoms with van der Waals surface area (Å²) in [5.74, 6) is 0.549. The third-order valence-electron chi connectivity index (χ3n) is 2.64. The van der Waals surface area contributed by atoms with Crippen molar-refractivity contribution in [1.29, 1.82) is 0 Å². The van der Waals surface area contributed by atoms with Crippen LogP contribution in [0.25, 0.3) is 0 Å². The van der Waals surface area contributed by atoms with Crippen LogP contribution in [-0.4, -0.2) is 23.1 Å². The summed E-state index contributed by atoms with van der Waals surface area (Å²) in [5.41, 5.74) is 5.96. The number of nitrogens with two attached hydrogens (primary N) is 1. The number of aromatic hydroxyl groups is 1. The van der Waals surface area contributed by atoms with E-state index in [1.165, 1.54) is 24.4 Å². The number of phenolic OH excluding ortho intramolecular Hbond substituents is 1. The first-order valence-electron chi connectivity index (χ1n) is 5.41. The van der Waals surface area contributed by atoms with Gasteiger partial charge >= 0.3 is 0 Å². The van der Waals surface area contributed by atoms with Crippen LogP contribution in [0, 0.1) is 6.92 Å². The molecule has 0 aliphatic carbocycles. The van der Waals surface area contributed by atoms with Gasteiger partial charge in [-0.1, -0.05) is 0 Å². The molecule has 0 radical (unpaired) electrons. The number of aryl methyl sites for hydroxylation is 2. The summed E-state index contributed by atoms with van der Waals surface area (Å²) in [6.45, 7) is 1.70. The van der Waals surface area contributed by atoms with Gasteiger partial charge < -0.3 is 15.4 Å². The highest BCUT2D eigenvalue weighted by Gasteiger charge is 2.19. The van der Waals surface area contributed by atoms with E-state index in [1.807, 2.05) is 0 Å². The summed E-state index contributed by atoms with van der Waals surface area (Å²) in [4.78, 5) is 3.95. The average Bonchev–Trinajstić information content (AvgIpc) is 2.64. The van der Waals surface area contributed by atoms with Crippen molar-refractivity contribution in [3.8, 4) is 5.75 Å². The molecule has 7 nitrogen and oxygen atoms in total. The minimum atomic E-state index is -3.79. The van der Waals surface area contributed by atoms with Crippen molar-refractivity contribution in [2.45, 2.75) is 11.9 Å². The lowest BCUT2D eigenvalue weighted by Gasteiger charge is -2.08. The fourth-order valence-electron chi connectivity index (χ4n) is 1.50. The van der Waals surface area contributed by atoms with E-state index in [0.717, 1.165) is 0 Å². The number of hydrogen-bond donors (Lipinski definition) is 3. The molecular formula is C11H14N4O3S. The van der Waals surface area contributed by atoms with Crippen LogP contribution in [-0.2, 0) is 17.1 Å². The van der Waals surface area contributed by atoms with Crippen molar-refractivity contribution >= 4 is 21.4 Å². The van der Waals surface area contributed by atoms with E-state index in [4.69, 9.17) is 5.73 Å². The minimum Gasteiger partial charge on any atom is -0.508 e. The van der Waals surface area contributed by atoms with Crippen molar-refractivity contribution in [2.24, 2.45) is 7.05 Å². The number of nitrogen functional groups attached to an aromatic ring is 1. The predicted molar refractivity (Wildman–Crippen MR) is 71.3 cm³/mol. The zero-order valence-corrected chi connectivity index (χ0v) is 11.3. The lowest BCUT2D eigenvalue weighted by Crippen LogP contribution is -2.14. The maximum Gasteiger partial charge on any atom is 0.281 e. The van der Waals surface area contributed by atoms with Crippen molar-refractivity contribution in [1.82, 2.24) is 9.55 Å². The zero-order chi connectivity index (χ0) is 14.2. The second kappa shape index (κ2) is 4.47. The molecule has 0 fully saturated rings. The molecule has 0 saturated carbocycles. The summed E-state index contributed by atoms with van der Waals surface area (Å²) >= 11 is 0. The van der Waals surface area contributed by atoms with Crippen LogP contribution in [0.1, 0.15) is 5.82 Å². The number of rotatable bonds is 3. The van der Waals surface area contributed by atoms with Gasteiger partial charge in [0.1, 0.15) is 11.6 Å². The Balaban J connectivity index is 2.36. The van der Waals surface area contributed by atoms with Crippen molar-refractivity contribution in [2.75, 3.05) is 10.5 Å². The van der Waals surface area contributed by atoms with Crippen molar-refractivity contribution in [3.63, 3.8) is 0 Å². The van der Waals surface area contributed by atoms with Gasteiger partial charge in [0.05, 0.1) is 11.4 Å². The molecule has 0 spiro atoms. The fraction of sp³-hybridized carbons (Fsp3) is 0.182. The predicted octanol–water partition coefficient (Wildman–Crippen LogP) is 0.817. The summed E-state index contributed by atoms with van der Waals surface area (Å²) < 4.78 is 28.1. The molecule has 1 heterocycles. The van der Waals surface area contributed by atoms with E-state index in [1.54, 1.807) is 18.5 Å². The first-order valence-corrected chi connectivity index (χ1v) is 6.89. The second-order valence-corrected chi connectivity index (χ2v) is 5.74. The Morgan fingerprint density at radius 3 is 2.63 bits per heavy atom. The number of imidazole rings is 1. The maximum atomic E-state index is 12.1. The monoisotopic (exact) mass is 282 g/mol. The van der Waals surface area contributed by atoms with Crippen molar-refractivity contribution in [3.05, 3.63) is 30.2 Å². The number of aromatic nitrogens is 2. The van der Waals surface area contributed by atoms with Gasteiger partial charge in [0.25, 0.3) is 10.0 Å². The molecule has 0 saturated heterocycles. The average molecular weight is 282 g/mol. The van der Waals surface area contributed by atoms with Gasteiger partial charge in [-0.25, -0.2) is 4.98 Å². The molecule has 1 aromatic carbocycles. The van der Waals surface area contributed by atoms with Crippen LogP contribution in [0.3, 0.4) is 0 Å². The van der Waals surface area contributed by atoms with Crippen LogP contribution in [0.2, 0.25) is 0 Å². The van der Waals surface area contributed by atoms with Crippen LogP contribution in [0.15, 0.2) is 29.4 Å². The van der Waals surface area contributed by atoms with Crippen LogP contribution >= 0.6 is 0 Å². The first kappa shape index (κ1) is 13.2. The summed E-state index contributed by atoms with van der Waals surface area (Å²) in [7, 11) is -2.09. The van der Waals surface area contributed by atoms with Gasteiger partial charge in [0.15, 0.2) is 5.03 Å². The Bertz CT molecular complexity index is 702. The number of nitrogens with zero attached hydrogens (tertiary/aromatic N) is 2. The van der Waals surface area contributed by atoms with Crippen LogP contribution in [0.5, 0.6) is 5.75 Å². The van der Waals surface area contributed by atoms with Gasteiger partial charge in [0.2, 0.25) is 0 Å². The standard InChI is InChI=1S/C11H14N4O3S/c1-7-13-11(6-15(7)2)19(17,18)14-10-4-3-8(16)5-9(10)12/h3-6,14,16H,12H2,1-2H3. The number of nitrogens with one attached hydrogen (secondary N) is 1. The molecule has 8 heteroatoms. The topological polar surface area (TPSA) is 110 Å². The molecule has 19 heavy (non-hydrogen) atoms. The van der Waals surface area contributed by atoms with E-state index in [2.05, 4.69) is 9.71 Å². The van der Waals surface area contributed by atoms with Gasteiger partial charge in [0, 0.05) is 19.3 Å². The highest BCUT2D eigenvalue weighted by molar-refractivity contribution is 7.92. The third kappa shape index (κ3) is 2.63. The fourth-order valence-corrected chi connectivity index (χ4v) is 2.63. The Morgan fingerprint density at radius 1 is 1.42 bits per heavy atom. The van der Waals surface area contributed by atoms with E-state index in [-0.39, 0.29) is 22.2 Å². The SMILES string of the molecule is Cc1nc(S(=O)(=O)Nc2ccc(O)cc2N)cn1C. The molecule has 1 aromatic heterocycles. The number of sulfonamides is 1. The molecule has 2 rings (SSSR count). The smallest absolute Gasteiger partial charge is 0.281 e. The first-order chi connectivity index (χ1) is 8.79. The lowest BCUT2D eigenvalue weighted by atomic mass is 10.2. The largest absolute Gasteiger partial charge is 0.508 e. The van der Waals surface area contributed by atoms with E-state index < -0.39 is 10.0 Å². The molecule has 0 aliphatic rings. The molecule has 2 aromatic rings. The van der Waals surface area contributed by atoms with Gasteiger partial charge in [-0.2, -0.15) is 8.42 Å². The lowest BCUT2D eigenvalue weighted by molar-refractivity contribution is 0.475. The van der Waals surface area contributed by atoms with Gasteiger partial charge in [-0.15, -0.1) is 0 Å². The molecule has 102 valence electrons. The normalized spacial score (nSPS) is 11.5. The summed E-state index contributed by atoms with van der Waals surface area (Å²) in [6.07, 6.45) is 1.41. The second-order valence-electron chi connectivity index (χ2n) is 4.11. The summed E-state index contributed by atoms with van der Waals surface area (Å²) in [6, 6.07) is 4.00. The third-order valence-corrected chi connectivity index (χ3v) is 3.88. The Kier molecular flexibility index (Phi) is 3.11. The van der Waals surface area contributed by atoms with Gasteiger partial charge in [-0.3, -0.25) is 4.72 Å². The number of anilines is 2. The Morgan fingerprint density at radius 2 is 2.11 bits per heavy atom. The quantitative estimate of drug-likeness (QED) is 0.570. The number of phenols is 1. The molecule has 4 N–H and O–H groups in total. The maximum absolute atomic E-state index is 12.1. The Hall–Kier alpha value is -2.22. The van der Waals surface area contributed by atoms with E-state index >= 15 is 0 Å². The molecular weight excluding hydrogens is 268 g/mol. The molecule has 0 aliphatic heterocycles. The molecule has 0 atom stereocenters. The Labute approximate surface area is 110 Å². The highest BCUT2D eigenvalue weighted by Crippen LogP contribution is 2.25. The number of benzene rings is 1.